The molecular formula is C16H14ClFO2. The van der Waals surface area contributed by atoms with Crippen molar-refractivity contribution in [2.24, 2.45) is 0 Å². The predicted molar refractivity (Wildman–Crippen MR) is 76.0 cm³/mol. The van der Waals surface area contributed by atoms with Crippen molar-refractivity contribution in [2.45, 2.75) is 18.4 Å². The van der Waals surface area contributed by atoms with Gasteiger partial charge in [0.15, 0.2) is 0 Å². The van der Waals surface area contributed by atoms with Gasteiger partial charge in [-0.15, -0.1) is 11.6 Å². The lowest BCUT2D eigenvalue weighted by molar-refractivity contribution is -0.144. The van der Waals surface area contributed by atoms with Gasteiger partial charge in [0, 0.05) is 0 Å². The molecule has 104 valence electrons. The Morgan fingerprint density at radius 1 is 1.10 bits per heavy atom. The van der Waals surface area contributed by atoms with Crippen LogP contribution in [-0.4, -0.2) is 11.3 Å². The molecule has 0 aliphatic heterocycles. The fourth-order valence-corrected chi connectivity index (χ4v) is 2.01. The topological polar surface area (TPSA) is 26.3 Å². The molecule has 0 heterocycles. The van der Waals surface area contributed by atoms with Crippen molar-refractivity contribution in [1.82, 2.24) is 0 Å². The summed E-state index contributed by atoms with van der Waals surface area (Å²) in [6, 6.07) is 15.4. The maximum absolute atomic E-state index is 13.0. The third kappa shape index (κ3) is 4.35. The number of ether oxygens (including phenoxy) is 1. The molecule has 0 aliphatic carbocycles. The predicted octanol–water partition coefficient (Wildman–Crippen LogP) is 3.72. The molecule has 0 unspecified atom stereocenters. The standard InChI is InChI=1S/C16H14ClFO2/c17-15(10-13-7-4-8-14(18)9-13)16(19)20-11-12-5-2-1-3-6-12/h1-9,15H,10-11H2/t15-/m0/s1. The highest BCUT2D eigenvalue weighted by Gasteiger charge is 2.17. The van der Waals surface area contributed by atoms with Crippen LogP contribution in [0.25, 0.3) is 0 Å². The summed E-state index contributed by atoms with van der Waals surface area (Å²) in [5.41, 5.74) is 1.57. The molecule has 0 saturated carbocycles. The number of hydrogen-bond acceptors (Lipinski definition) is 2. The maximum atomic E-state index is 13.0. The Balaban J connectivity index is 1.86. The third-order valence-corrected chi connectivity index (χ3v) is 3.12. The van der Waals surface area contributed by atoms with E-state index in [-0.39, 0.29) is 18.8 Å². The van der Waals surface area contributed by atoms with Crippen LogP contribution in [0.2, 0.25) is 0 Å². The smallest absolute Gasteiger partial charge is 0.324 e. The highest BCUT2D eigenvalue weighted by atomic mass is 35.5. The molecule has 1 atom stereocenters. The van der Waals surface area contributed by atoms with Gasteiger partial charge in [0.2, 0.25) is 0 Å². The molecule has 0 N–H and O–H groups in total. The summed E-state index contributed by atoms with van der Waals surface area (Å²) < 4.78 is 18.2. The summed E-state index contributed by atoms with van der Waals surface area (Å²) >= 11 is 5.99. The Hall–Kier alpha value is -1.87. The third-order valence-electron chi connectivity index (χ3n) is 2.78. The molecule has 2 nitrogen and oxygen atoms in total. The molecule has 0 fully saturated rings. The quantitative estimate of drug-likeness (QED) is 0.620. The second-order valence-electron chi connectivity index (χ2n) is 4.39. The van der Waals surface area contributed by atoms with Gasteiger partial charge < -0.3 is 4.74 Å². The van der Waals surface area contributed by atoms with E-state index in [1.807, 2.05) is 30.3 Å². The highest BCUT2D eigenvalue weighted by Crippen LogP contribution is 2.12. The molecule has 0 bridgehead atoms. The molecular weight excluding hydrogens is 279 g/mol. The zero-order valence-corrected chi connectivity index (χ0v) is 11.5. The number of rotatable bonds is 5. The van der Waals surface area contributed by atoms with E-state index in [0.29, 0.717) is 5.56 Å². The van der Waals surface area contributed by atoms with Crippen molar-refractivity contribution in [3.8, 4) is 0 Å². The Labute approximate surface area is 122 Å². The van der Waals surface area contributed by atoms with Gasteiger partial charge >= 0.3 is 5.97 Å². The Morgan fingerprint density at radius 3 is 2.50 bits per heavy atom. The van der Waals surface area contributed by atoms with Gasteiger partial charge in [-0.2, -0.15) is 0 Å². The van der Waals surface area contributed by atoms with Gasteiger partial charge in [0.25, 0.3) is 0 Å². The van der Waals surface area contributed by atoms with Gasteiger partial charge in [-0.25, -0.2) is 4.39 Å². The zero-order valence-electron chi connectivity index (χ0n) is 10.8. The zero-order chi connectivity index (χ0) is 14.4. The monoisotopic (exact) mass is 292 g/mol. The molecule has 0 spiro atoms. The number of esters is 1. The first kappa shape index (κ1) is 14.5. The average Bonchev–Trinajstić information content (AvgIpc) is 2.46. The number of hydrogen-bond donors (Lipinski definition) is 0. The molecule has 2 rings (SSSR count). The molecule has 0 radical (unpaired) electrons. The summed E-state index contributed by atoms with van der Waals surface area (Å²) in [6.07, 6.45) is 0.243. The van der Waals surface area contributed by atoms with Crippen molar-refractivity contribution < 1.29 is 13.9 Å². The second-order valence-corrected chi connectivity index (χ2v) is 4.92. The maximum Gasteiger partial charge on any atom is 0.324 e. The van der Waals surface area contributed by atoms with Crippen LogP contribution in [0.3, 0.4) is 0 Å². The van der Waals surface area contributed by atoms with E-state index >= 15 is 0 Å². The first-order valence-electron chi connectivity index (χ1n) is 6.24. The molecule has 4 heteroatoms. The van der Waals surface area contributed by atoms with Crippen LogP contribution in [0.4, 0.5) is 4.39 Å². The number of halogens is 2. The van der Waals surface area contributed by atoms with Gasteiger partial charge in [0.05, 0.1) is 0 Å². The van der Waals surface area contributed by atoms with Crippen LogP contribution >= 0.6 is 11.6 Å². The van der Waals surface area contributed by atoms with Crippen LogP contribution in [0.15, 0.2) is 54.6 Å². The van der Waals surface area contributed by atoms with E-state index in [1.54, 1.807) is 12.1 Å². The first-order chi connectivity index (χ1) is 9.65. The minimum Gasteiger partial charge on any atom is -0.460 e. The van der Waals surface area contributed by atoms with E-state index in [9.17, 15) is 9.18 Å². The van der Waals surface area contributed by atoms with Crippen LogP contribution in [0.5, 0.6) is 0 Å². The second kappa shape index (κ2) is 7.06. The lowest BCUT2D eigenvalue weighted by Crippen LogP contribution is -2.20. The van der Waals surface area contributed by atoms with Crippen LogP contribution in [0.1, 0.15) is 11.1 Å². The first-order valence-corrected chi connectivity index (χ1v) is 6.68. The molecule has 0 amide bonds. The largest absolute Gasteiger partial charge is 0.460 e. The fraction of sp³-hybridized carbons (Fsp3) is 0.188. The van der Waals surface area contributed by atoms with Crippen LogP contribution in [0, 0.1) is 5.82 Å². The van der Waals surface area contributed by atoms with E-state index in [0.717, 1.165) is 5.56 Å². The van der Waals surface area contributed by atoms with Crippen molar-refractivity contribution in [2.75, 3.05) is 0 Å². The number of carbonyl (C=O) groups is 1. The molecule has 2 aromatic carbocycles. The van der Waals surface area contributed by atoms with Gasteiger partial charge in [-0.05, 0) is 29.7 Å². The van der Waals surface area contributed by atoms with Crippen LogP contribution < -0.4 is 0 Å². The number of alkyl halides is 1. The van der Waals surface area contributed by atoms with E-state index in [1.165, 1.54) is 12.1 Å². The van der Waals surface area contributed by atoms with Gasteiger partial charge in [-0.1, -0.05) is 42.5 Å². The van der Waals surface area contributed by atoms with Crippen LogP contribution in [-0.2, 0) is 22.6 Å². The minimum absolute atomic E-state index is 0.187. The summed E-state index contributed by atoms with van der Waals surface area (Å²) in [5.74, 6) is -0.844. The summed E-state index contributed by atoms with van der Waals surface area (Å²) in [5, 5.41) is -0.819. The fourth-order valence-electron chi connectivity index (χ4n) is 1.77. The average molecular weight is 293 g/mol. The molecule has 0 aliphatic rings. The van der Waals surface area contributed by atoms with Crippen molar-refractivity contribution >= 4 is 17.6 Å². The van der Waals surface area contributed by atoms with Gasteiger partial charge in [-0.3, -0.25) is 4.79 Å². The highest BCUT2D eigenvalue weighted by molar-refractivity contribution is 6.30. The Bertz CT molecular complexity index is 572. The molecule has 2 aromatic rings. The van der Waals surface area contributed by atoms with Crippen molar-refractivity contribution in [1.29, 1.82) is 0 Å². The normalized spacial score (nSPS) is 11.9. The lowest BCUT2D eigenvalue weighted by Gasteiger charge is -2.10. The van der Waals surface area contributed by atoms with E-state index < -0.39 is 11.3 Å². The molecule has 0 saturated heterocycles. The summed E-state index contributed by atoms with van der Waals surface area (Å²) in [4.78, 5) is 11.8. The summed E-state index contributed by atoms with van der Waals surface area (Å²) in [6.45, 7) is 0.187. The van der Waals surface area contributed by atoms with E-state index in [4.69, 9.17) is 16.3 Å². The van der Waals surface area contributed by atoms with Crippen molar-refractivity contribution in [3.05, 3.63) is 71.5 Å². The Morgan fingerprint density at radius 2 is 1.80 bits per heavy atom. The SMILES string of the molecule is O=C(OCc1ccccc1)[C@@H](Cl)Cc1cccc(F)c1. The van der Waals surface area contributed by atoms with E-state index in [2.05, 4.69) is 0 Å². The lowest BCUT2D eigenvalue weighted by atomic mass is 10.1. The number of benzene rings is 2. The summed E-state index contributed by atoms with van der Waals surface area (Å²) in [7, 11) is 0. The van der Waals surface area contributed by atoms with Gasteiger partial charge in [0.1, 0.15) is 17.8 Å². The molecule has 0 aromatic heterocycles. The number of carbonyl (C=O) groups excluding carboxylic acids is 1. The molecule has 20 heavy (non-hydrogen) atoms. The minimum atomic E-state index is -0.819. The Kier molecular flexibility index (Phi) is 5.13. The van der Waals surface area contributed by atoms with Crippen molar-refractivity contribution in [3.63, 3.8) is 0 Å².